The molecule has 0 unspecified atom stereocenters. The number of nitrogen functional groups attached to an aromatic ring is 1. The van der Waals surface area contributed by atoms with Crippen molar-refractivity contribution in [3.63, 3.8) is 0 Å². The van der Waals surface area contributed by atoms with Gasteiger partial charge in [-0.2, -0.15) is 0 Å². The molecule has 0 aliphatic carbocycles. The molecule has 0 saturated carbocycles. The summed E-state index contributed by atoms with van der Waals surface area (Å²) < 4.78 is 0. The van der Waals surface area contributed by atoms with Crippen LogP contribution < -0.4 is 11.1 Å². The molecule has 5 N–H and O–H groups in total. The third-order valence-electron chi connectivity index (χ3n) is 4.40. The number of rotatable bonds is 7. The summed E-state index contributed by atoms with van der Waals surface area (Å²) in [6.07, 6.45) is 4.13. The minimum absolute atomic E-state index is 0.0198. The molecule has 0 bridgehead atoms. The van der Waals surface area contributed by atoms with Crippen LogP contribution in [0.4, 0.5) is 5.82 Å². The first kappa shape index (κ1) is 16.5. The predicted molar refractivity (Wildman–Crippen MR) is 97.5 cm³/mol. The fourth-order valence-electron chi connectivity index (χ4n) is 2.93. The van der Waals surface area contributed by atoms with Crippen LogP contribution in [0.1, 0.15) is 30.2 Å². The van der Waals surface area contributed by atoms with Crippen LogP contribution in [0.25, 0.3) is 10.9 Å². The Balaban J connectivity index is 1.56. The molecule has 3 aromatic rings. The molecular weight excluding hydrogens is 300 g/mol. The number of aromatic amines is 1. The molecule has 1 aromatic carbocycles. The molecule has 0 spiro atoms. The molecule has 1 atom stereocenters. The van der Waals surface area contributed by atoms with Gasteiger partial charge in [0.1, 0.15) is 5.82 Å². The number of nitrogens with two attached hydrogens (primary N) is 1. The number of aromatic nitrogens is 2. The van der Waals surface area contributed by atoms with Crippen molar-refractivity contribution in [1.82, 2.24) is 15.3 Å². The zero-order valence-corrected chi connectivity index (χ0v) is 13.9. The average Bonchev–Trinajstić information content (AvgIpc) is 3.01. The zero-order chi connectivity index (χ0) is 16.9. The maximum absolute atomic E-state index is 9.39. The quantitative estimate of drug-likeness (QED) is 0.538. The van der Waals surface area contributed by atoms with E-state index in [0.29, 0.717) is 18.4 Å². The number of fused-ring (bicyclic) bond motifs is 1. The fourth-order valence-corrected chi connectivity index (χ4v) is 2.93. The lowest BCUT2D eigenvalue weighted by molar-refractivity contribution is 0.279. The van der Waals surface area contributed by atoms with Gasteiger partial charge in [0.05, 0.1) is 12.3 Å². The van der Waals surface area contributed by atoms with Gasteiger partial charge < -0.3 is 21.1 Å². The molecule has 0 aliphatic heterocycles. The molecule has 5 nitrogen and oxygen atoms in total. The van der Waals surface area contributed by atoms with Crippen molar-refractivity contribution in [2.45, 2.75) is 39.0 Å². The van der Waals surface area contributed by atoms with Crippen LogP contribution in [0.15, 0.2) is 42.6 Å². The van der Waals surface area contributed by atoms with Gasteiger partial charge in [-0.25, -0.2) is 4.98 Å². The van der Waals surface area contributed by atoms with Gasteiger partial charge in [0.2, 0.25) is 0 Å². The first-order valence-corrected chi connectivity index (χ1v) is 8.31. The summed E-state index contributed by atoms with van der Waals surface area (Å²) in [7, 11) is 0. The zero-order valence-electron chi connectivity index (χ0n) is 13.9. The summed E-state index contributed by atoms with van der Waals surface area (Å²) in [4.78, 5) is 7.64. The van der Waals surface area contributed by atoms with Gasteiger partial charge >= 0.3 is 0 Å². The van der Waals surface area contributed by atoms with Crippen LogP contribution >= 0.6 is 0 Å². The number of aliphatic hydroxyl groups is 1. The molecule has 3 rings (SSSR count). The second kappa shape index (κ2) is 7.47. The fraction of sp³-hybridized carbons (Fsp3) is 0.316. The maximum atomic E-state index is 9.39. The number of anilines is 1. The van der Waals surface area contributed by atoms with Crippen molar-refractivity contribution in [2.75, 3.05) is 5.73 Å². The summed E-state index contributed by atoms with van der Waals surface area (Å²) in [5, 5.41) is 14.2. The van der Waals surface area contributed by atoms with Gasteiger partial charge in [-0.05, 0) is 37.5 Å². The Bertz CT molecular complexity index is 812. The summed E-state index contributed by atoms with van der Waals surface area (Å²) in [5.74, 6) is 0.482. The number of aryl methyl sites for hydroxylation is 1. The Hall–Kier alpha value is -2.37. The summed E-state index contributed by atoms with van der Waals surface area (Å²) in [6, 6.07) is 12.3. The van der Waals surface area contributed by atoms with Gasteiger partial charge in [0.15, 0.2) is 0 Å². The highest BCUT2D eigenvalue weighted by atomic mass is 16.3. The monoisotopic (exact) mass is 324 g/mol. The Morgan fingerprint density at radius 2 is 2.04 bits per heavy atom. The lowest BCUT2D eigenvalue weighted by Gasteiger charge is -2.15. The second-order valence-corrected chi connectivity index (χ2v) is 6.18. The first-order valence-electron chi connectivity index (χ1n) is 8.31. The van der Waals surface area contributed by atoms with E-state index in [0.717, 1.165) is 24.1 Å². The van der Waals surface area contributed by atoms with Crippen molar-refractivity contribution < 1.29 is 5.11 Å². The van der Waals surface area contributed by atoms with Crippen LogP contribution in [0.5, 0.6) is 0 Å². The molecule has 0 amide bonds. The molecule has 0 aliphatic rings. The molecule has 5 heteroatoms. The van der Waals surface area contributed by atoms with E-state index in [-0.39, 0.29) is 6.61 Å². The van der Waals surface area contributed by atoms with Gasteiger partial charge in [0.25, 0.3) is 0 Å². The molecule has 126 valence electrons. The third-order valence-corrected chi connectivity index (χ3v) is 4.40. The minimum atomic E-state index is -0.0198. The van der Waals surface area contributed by atoms with Gasteiger partial charge in [-0.1, -0.05) is 24.3 Å². The van der Waals surface area contributed by atoms with E-state index in [1.807, 2.05) is 12.1 Å². The normalized spacial score (nSPS) is 12.6. The van der Waals surface area contributed by atoms with Gasteiger partial charge in [0, 0.05) is 35.2 Å². The van der Waals surface area contributed by atoms with E-state index >= 15 is 0 Å². The SMILES string of the molecule is C[C@H](CCc1c[nH]c2ccccc12)NCc1nc(N)ccc1CO. The molecular formula is C19H24N4O. The Labute approximate surface area is 141 Å². The summed E-state index contributed by atoms with van der Waals surface area (Å²) in [5.41, 5.74) is 9.91. The number of H-pyrrole nitrogens is 1. The second-order valence-electron chi connectivity index (χ2n) is 6.18. The molecule has 0 radical (unpaired) electrons. The lowest BCUT2D eigenvalue weighted by atomic mass is 10.1. The smallest absolute Gasteiger partial charge is 0.123 e. The molecule has 2 aromatic heterocycles. The van der Waals surface area contributed by atoms with Crippen molar-refractivity contribution in [3.05, 3.63) is 59.4 Å². The Morgan fingerprint density at radius 3 is 2.88 bits per heavy atom. The highest BCUT2D eigenvalue weighted by molar-refractivity contribution is 5.82. The van der Waals surface area contributed by atoms with Gasteiger partial charge in [-0.15, -0.1) is 0 Å². The minimum Gasteiger partial charge on any atom is -0.392 e. The van der Waals surface area contributed by atoms with Crippen LogP contribution in [0.2, 0.25) is 0 Å². The summed E-state index contributed by atoms with van der Waals surface area (Å²) >= 11 is 0. The Kier molecular flexibility index (Phi) is 5.13. The first-order chi connectivity index (χ1) is 11.7. The largest absolute Gasteiger partial charge is 0.392 e. The number of hydrogen-bond donors (Lipinski definition) is 4. The van der Waals surface area contributed by atoms with Crippen LogP contribution in [0, 0.1) is 0 Å². The summed E-state index contributed by atoms with van der Waals surface area (Å²) in [6.45, 7) is 2.75. The number of para-hydroxylation sites is 1. The Morgan fingerprint density at radius 1 is 1.21 bits per heavy atom. The van der Waals surface area contributed by atoms with E-state index in [1.54, 1.807) is 6.07 Å². The van der Waals surface area contributed by atoms with Crippen molar-refractivity contribution in [3.8, 4) is 0 Å². The van der Waals surface area contributed by atoms with E-state index in [1.165, 1.54) is 16.5 Å². The topological polar surface area (TPSA) is 87.0 Å². The average molecular weight is 324 g/mol. The van der Waals surface area contributed by atoms with Gasteiger partial charge in [-0.3, -0.25) is 0 Å². The molecule has 0 fully saturated rings. The van der Waals surface area contributed by atoms with Crippen LogP contribution in [-0.4, -0.2) is 21.1 Å². The highest BCUT2D eigenvalue weighted by Gasteiger charge is 2.09. The number of pyridine rings is 1. The maximum Gasteiger partial charge on any atom is 0.123 e. The van der Waals surface area contributed by atoms with E-state index < -0.39 is 0 Å². The highest BCUT2D eigenvalue weighted by Crippen LogP contribution is 2.19. The van der Waals surface area contributed by atoms with E-state index in [4.69, 9.17) is 5.73 Å². The van der Waals surface area contributed by atoms with Crippen LogP contribution in [-0.2, 0) is 19.6 Å². The molecule has 0 saturated heterocycles. The number of nitrogens with one attached hydrogen (secondary N) is 2. The molecule has 24 heavy (non-hydrogen) atoms. The predicted octanol–water partition coefficient (Wildman–Crippen LogP) is 2.75. The number of hydrogen-bond acceptors (Lipinski definition) is 4. The van der Waals surface area contributed by atoms with Crippen molar-refractivity contribution >= 4 is 16.7 Å². The standard InChI is InChI=1S/C19H24N4O/c1-13(21-11-18-15(12-24)8-9-19(20)23-18)6-7-14-10-22-17-5-3-2-4-16(14)17/h2-5,8-10,13,21-22,24H,6-7,11-12H2,1H3,(H2,20,23)/t13-/m1/s1. The molecule has 2 heterocycles. The number of benzene rings is 1. The van der Waals surface area contributed by atoms with Crippen LogP contribution in [0.3, 0.4) is 0 Å². The lowest BCUT2D eigenvalue weighted by Crippen LogP contribution is -2.27. The number of nitrogens with zero attached hydrogens (tertiary/aromatic N) is 1. The van der Waals surface area contributed by atoms with Crippen molar-refractivity contribution in [1.29, 1.82) is 0 Å². The number of aliphatic hydroxyl groups excluding tert-OH is 1. The third kappa shape index (κ3) is 3.75. The van der Waals surface area contributed by atoms with E-state index in [2.05, 4.69) is 46.6 Å². The van der Waals surface area contributed by atoms with E-state index in [9.17, 15) is 5.11 Å². The van der Waals surface area contributed by atoms with Crippen molar-refractivity contribution in [2.24, 2.45) is 0 Å².